The van der Waals surface area contributed by atoms with E-state index in [0.29, 0.717) is 22.9 Å². The average Bonchev–Trinajstić information content (AvgIpc) is 3.38. The van der Waals surface area contributed by atoms with Crippen LogP contribution in [0.15, 0.2) is 36.7 Å². The lowest BCUT2D eigenvalue weighted by atomic mass is 10.2. The first-order chi connectivity index (χ1) is 16.5. The molecule has 1 fully saturated rings. The molecule has 11 nitrogen and oxygen atoms in total. The second kappa shape index (κ2) is 11.8. The fourth-order valence-electron chi connectivity index (χ4n) is 3.70. The Labute approximate surface area is 197 Å². The molecule has 3 rings (SSSR count). The Kier molecular flexibility index (Phi) is 8.63. The number of hydrogen-bond acceptors (Lipinski definition) is 10. The normalized spacial score (nSPS) is 13.1. The minimum Gasteiger partial charge on any atom is -0.493 e. The van der Waals surface area contributed by atoms with Crippen LogP contribution in [0.25, 0.3) is 0 Å². The minimum atomic E-state index is -1.40. The highest BCUT2D eigenvalue weighted by Crippen LogP contribution is 2.41. The molecule has 0 saturated carbocycles. The van der Waals surface area contributed by atoms with Gasteiger partial charge in [-0.25, -0.2) is 14.6 Å². The molecule has 11 heteroatoms. The first-order valence-corrected chi connectivity index (χ1v) is 10.6. The monoisotopic (exact) mass is 471 g/mol. The SMILES string of the molecule is COc1cc(N(Cc2cccnc2)N(CN2CCCC2)C(=O)OC(=O)[C]=O)cc(OC)c1OC. The number of benzene rings is 1. The highest BCUT2D eigenvalue weighted by Gasteiger charge is 2.30. The van der Waals surface area contributed by atoms with Crippen LogP contribution in [0.4, 0.5) is 10.5 Å². The van der Waals surface area contributed by atoms with Crippen LogP contribution < -0.4 is 19.2 Å². The second-order valence-corrected chi connectivity index (χ2v) is 7.43. The molecule has 181 valence electrons. The minimum absolute atomic E-state index is 0.127. The molecule has 1 aromatic carbocycles. The molecule has 2 aromatic rings. The third-order valence-corrected chi connectivity index (χ3v) is 5.30. The van der Waals surface area contributed by atoms with Crippen molar-refractivity contribution in [3.8, 4) is 17.2 Å². The van der Waals surface area contributed by atoms with Crippen molar-refractivity contribution in [3.63, 3.8) is 0 Å². The fourth-order valence-corrected chi connectivity index (χ4v) is 3.70. The Morgan fingerprint density at radius 3 is 2.29 bits per heavy atom. The Hall–Kier alpha value is -3.86. The van der Waals surface area contributed by atoms with Gasteiger partial charge in [0.15, 0.2) is 11.5 Å². The van der Waals surface area contributed by atoms with Gasteiger partial charge in [0.1, 0.15) is 0 Å². The standard InChI is InChI=1S/C23H27N4O7/c1-31-19-11-18(12-20(32-2)22(19)33-3)26(14-17-7-6-8-24-13-17)27(16-25-9-4-5-10-25)23(30)34-21(29)15-28/h6-8,11-13H,4-5,9-10,14,16H2,1-3H3. The summed E-state index contributed by atoms with van der Waals surface area (Å²) in [7, 11) is 4.47. The Balaban J connectivity index is 2.10. The lowest BCUT2D eigenvalue weighted by molar-refractivity contribution is -0.131. The van der Waals surface area contributed by atoms with E-state index in [0.717, 1.165) is 37.8 Å². The molecular weight excluding hydrogens is 444 g/mol. The van der Waals surface area contributed by atoms with E-state index < -0.39 is 12.1 Å². The number of aromatic nitrogens is 1. The van der Waals surface area contributed by atoms with Gasteiger partial charge in [-0.1, -0.05) is 6.07 Å². The van der Waals surface area contributed by atoms with Crippen molar-refractivity contribution >= 4 is 24.0 Å². The number of likely N-dealkylation sites (tertiary alicyclic amines) is 1. The maximum atomic E-state index is 13.1. The van der Waals surface area contributed by atoms with E-state index in [1.54, 1.807) is 35.6 Å². The Morgan fingerprint density at radius 1 is 1.09 bits per heavy atom. The molecule has 1 aliphatic rings. The van der Waals surface area contributed by atoms with Crippen molar-refractivity contribution in [2.75, 3.05) is 46.1 Å². The number of esters is 1. The number of nitrogens with zero attached hydrogens (tertiary/aromatic N) is 4. The summed E-state index contributed by atoms with van der Waals surface area (Å²) in [5, 5.41) is 2.87. The highest BCUT2D eigenvalue weighted by atomic mass is 16.6. The van der Waals surface area contributed by atoms with E-state index in [2.05, 4.69) is 4.98 Å². The molecule has 0 aliphatic carbocycles. The second-order valence-electron chi connectivity index (χ2n) is 7.43. The number of amides is 1. The maximum Gasteiger partial charge on any atom is 0.438 e. The van der Waals surface area contributed by atoms with Crippen molar-refractivity contribution in [2.45, 2.75) is 19.4 Å². The van der Waals surface area contributed by atoms with Gasteiger partial charge in [-0.2, -0.15) is 0 Å². The Bertz CT molecular complexity index is 971. The van der Waals surface area contributed by atoms with Crippen LogP contribution in [-0.4, -0.2) is 74.3 Å². The van der Waals surface area contributed by atoms with E-state index in [9.17, 15) is 14.4 Å². The molecule has 1 aromatic heterocycles. The number of hydrogen-bond donors (Lipinski definition) is 0. The molecule has 1 amide bonds. The predicted octanol–water partition coefficient (Wildman–Crippen LogP) is 2.16. The van der Waals surface area contributed by atoms with Crippen molar-refractivity contribution in [1.29, 1.82) is 0 Å². The van der Waals surface area contributed by atoms with Gasteiger partial charge in [-0.3, -0.25) is 19.7 Å². The average molecular weight is 471 g/mol. The van der Waals surface area contributed by atoms with Crippen LogP contribution in [-0.2, 0) is 20.9 Å². The smallest absolute Gasteiger partial charge is 0.438 e. The topological polar surface area (TPSA) is 111 Å². The number of pyridine rings is 1. The van der Waals surface area contributed by atoms with E-state index in [4.69, 9.17) is 18.9 Å². The van der Waals surface area contributed by atoms with Crippen LogP contribution in [0.2, 0.25) is 0 Å². The third-order valence-electron chi connectivity index (χ3n) is 5.30. The zero-order chi connectivity index (χ0) is 24.5. The third kappa shape index (κ3) is 5.93. The molecular formula is C23H27N4O7. The molecule has 0 unspecified atom stereocenters. The van der Waals surface area contributed by atoms with E-state index >= 15 is 0 Å². The molecule has 1 saturated heterocycles. The van der Waals surface area contributed by atoms with Gasteiger partial charge in [-0.05, 0) is 37.6 Å². The van der Waals surface area contributed by atoms with Crippen molar-refractivity contribution in [2.24, 2.45) is 0 Å². The molecule has 34 heavy (non-hydrogen) atoms. The molecule has 0 bridgehead atoms. The summed E-state index contributed by atoms with van der Waals surface area (Å²) in [4.78, 5) is 41.6. The molecule has 1 radical (unpaired) electrons. The van der Waals surface area contributed by atoms with Crippen LogP contribution in [0, 0.1) is 0 Å². The van der Waals surface area contributed by atoms with Gasteiger partial charge < -0.3 is 18.9 Å². The number of methoxy groups -OCH3 is 3. The van der Waals surface area contributed by atoms with Crippen LogP contribution in [0.5, 0.6) is 17.2 Å². The Morgan fingerprint density at radius 2 is 1.76 bits per heavy atom. The summed E-state index contributed by atoms with van der Waals surface area (Å²) in [6.45, 7) is 1.86. The molecule has 0 N–H and O–H groups in total. The van der Waals surface area contributed by atoms with Crippen LogP contribution >= 0.6 is 0 Å². The summed E-state index contributed by atoms with van der Waals surface area (Å²) < 4.78 is 21.1. The first-order valence-electron chi connectivity index (χ1n) is 10.6. The van der Waals surface area contributed by atoms with Gasteiger partial charge >= 0.3 is 18.3 Å². The predicted molar refractivity (Wildman–Crippen MR) is 121 cm³/mol. The summed E-state index contributed by atoms with van der Waals surface area (Å²) in [6, 6.07) is 6.98. The zero-order valence-corrected chi connectivity index (χ0v) is 19.4. The van der Waals surface area contributed by atoms with E-state index in [-0.39, 0.29) is 13.2 Å². The summed E-state index contributed by atoms with van der Waals surface area (Å²) in [6.07, 6.45) is 5.32. The van der Waals surface area contributed by atoms with Crippen molar-refractivity contribution in [1.82, 2.24) is 14.9 Å². The number of anilines is 1. The number of carbonyl (C=O) groups is 2. The van der Waals surface area contributed by atoms with E-state index in [1.165, 1.54) is 26.3 Å². The molecule has 0 spiro atoms. The van der Waals surface area contributed by atoms with Crippen molar-refractivity contribution in [3.05, 3.63) is 42.2 Å². The highest BCUT2D eigenvalue weighted by molar-refractivity contribution is 6.23. The number of ether oxygens (including phenoxy) is 4. The van der Waals surface area contributed by atoms with Gasteiger partial charge in [-0.15, -0.1) is 0 Å². The van der Waals surface area contributed by atoms with Gasteiger partial charge in [0, 0.05) is 24.5 Å². The van der Waals surface area contributed by atoms with Crippen LogP contribution in [0.1, 0.15) is 18.4 Å². The lowest BCUT2D eigenvalue weighted by Crippen LogP contribution is -2.52. The molecule has 1 aliphatic heterocycles. The summed E-state index contributed by atoms with van der Waals surface area (Å²) in [5.41, 5.74) is 1.28. The van der Waals surface area contributed by atoms with Crippen molar-refractivity contribution < 1.29 is 33.3 Å². The van der Waals surface area contributed by atoms with E-state index in [1.807, 2.05) is 11.0 Å². The fraction of sp³-hybridized carbons (Fsp3) is 0.391. The molecule has 2 heterocycles. The number of hydrazine groups is 1. The number of carbonyl (C=O) groups excluding carboxylic acids is 3. The van der Waals surface area contributed by atoms with Crippen LogP contribution in [0.3, 0.4) is 0 Å². The summed E-state index contributed by atoms with van der Waals surface area (Å²) >= 11 is 0. The quantitative estimate of drug-likeness (QED) is 0.221. The van der Waals surface area contributed by atoms with Gasteiger partial charge in [0.05, 0.1) is 40.2 Å². The zero-order valence-electron chi connectivity index (χ0n) is 19.4. The largest absolute Gasteiger partial charge is 0.493 e. The van der Waals surface area contributed by atoms with Gasteiger partial charge in [0.2, 0.25) is 5.75 Å². The maximum absolute atomic E-state index is 13.1. The lowest BCUT2D eigenvalue weighted by Gasteiger charge is -2.37. The molecule has 0 atom stereocenters. The number of rotatable bonds is 10. The van der Waals surface area contributed by atoms with Gasteiger partial charge in [0.25, 0.3) is 0 Å². The summed E-state index contributed by atoms with van der Waals surface area (Å²) in [5.74, 6) is -0.267. The first kappa shape index (κ1) is 24.8.